The molecule has 3 atom stereocenters. The number of hydrogen-bond acceptors (Lipinski definition) is 13. The van der Waals surface area contributed by atoms with Crippen LogP contribution in [-0.4, -0.2) is 85.9 Å². The van der Waals surface area contributed by atoms with Gasteiger partial charge in [0.1, 0.15) is 22.7 Å². The Balaban J connectivity index is 1.74. The number of carboxylic acids is 1. The average molecular weight is 547 g/mol. The van der Waals surface area contributed by atoms with Crippen LogP contribution < -0.4 is 15.8 Å². The third-order valence-electron chi connectivity index (χ3n) is 4.58. The van der Waals surface area contributed by atoms with Gasteiger partial charge in [0, 0.05) is 22.6 Å². The Bertz CT molecular complexity index is 1010. The molecule has 3 aliphatic rings. The number of aliphatic imine (C=N–C) groups is 1. The highest BCUT2D eigenvalue weighted by Gasteiger charge is 2.55. The molecule has 0 radical (unpaired) electrons. The zero-order chi connectivity index (χ0) is 26.0. The highest BCUT2D eigenvalue weighted by atomic mass is 32.2. The Morgan fingerprint density at radius 2 is 2.17 bits per heavy atom. The van der Waals surface area contributed by atoms with E-state index in [0.29, 0.717) is 16.4 Å². The zero-order valence-corrected chi connectivity index (χ0v) is 21.8. The molecule has 1 saturated heterocycles. The molecule has 35 heavy (non-hydrogen) atoms. The van der Waals surface area contributed by atoms with Crippen LogP contribution in [-0.2, 0) is 28.8 Å². The lowest BCUT2D eigenvalue weighted by atomic mass is 10.0. The fourth-order valence-corrected chi connectivity index (χ4v) is 6.27. The summed E-state index contributed by atoms with van der Waals surface area (Å²) < 4.78 is 7.82. The van der Waals surface area contributed by atoms with Crippen molar-refractivity contribution in [2.45, 2.75) is 49.7 Å². The molecule has 0 aliphatic carbocycles. The Morgan fingerprint density at radius 3 is 2.74 bits per heavy atom. The molecule has 3 rings (SSSR count). The average Bonchev–Trinajstić information content (AvgIpc) is 3.20. The summed E-state index contributed by atoms with van der Waals surface area (Å²) in [6, 6.07) is -1.00. The number of oxime groups is 1. The van der Waals surface area contributed by atoms with Gasteiger partial charge in [-0.3, -0.25) is 20.2 Å². The molecule has 0 spiro atoms. The van der Waals surface area contributed by atoms with Gasteiger partial charge in [-0.05, 0) is 26.5 Å². The number of carboxylic acid groups (broad SMARTS) is 1. The van der Waals surface area contributed by atoms with Crippen LogP contribution in [0.3, 0.4) is 0 Å². The maximum absolute atomic E-state index is 13.1. The smallest absolute Gasteiger partial charge is 0.353 e. The number of nitrogens with two attached hydrogens (primary N) is 1. The fraction of sp³-hybridized carbons (Fsp3) is 0.579. The van der Waals surface area contributed by atoms with E-state index in [4.69, 9.17) is 15.3 Å². The molecular formula is C19H26N6O7S3. The van der Waals surface area contributed by atoms with Crippen molar-refractivity contribution < 1.29 is 33.9 Å². The lowest BCUT2D eigenvalue weighted by molar-refractivity contribution is -0.160. The van der Waals surface area contributed by atoms with Crippen molar-refractivity contribution in [1.82, 2.24) is 14.9 Å². The second kappa shape index (κ2) is 10.7. The Kier molecular flexibility index (Phi) is 8.28. The van der Waals surface area contributed by atoms with E-state index in [1.807, 2.05) is 6.92 Å². The number of aliphatic carboxylic acids is 1. The van der Waals surface area contributed by atoms with Crippen molar-refractivity contribution in [3.63, 3.8) is 0 Å². The van der Waals surface area contributed by atoms with E-state index in [-0.39, 0.29) is 5.70 Å². The molecule has 0 aromatic rings. The minimum atomic E-state index is -1.68. The van der Waals surface area contributed by atoms with E-state index < -0.39 is 58.1 Å². The number of nitrogens with one attached hydrogen (secondary N) is 2. The van der Waals surface area contributed by atoms with Crippen LogP contribution in [0.4, 0.5) is 0 Å². The van der Waals surface area contributed by atoms with Gasteiger partial charge in [0.2, 0.25) is 11.6 Å². The number of thioether (sulfide) groups is 2. The first-order valence-corrected chi connectivity index (χ1v) is 13.3. The monoisotopic (exact) mass is 546 g/mol. The first-order valence-electron chi connectivity index (χ1n) is 10.4. The number of ether oxygens (including phenoxy) is 1. The summed E-state index contributed by atoms with van der Waals surface area (Å²) in [5.41, 5.74) is 4.97. The molecule has 3 aliphatic heterocycles. The van der Waals surface area contributed by atoms with E-state index >= 15 is 0 Å². The molecule has 5 N–H and O–H groups in total. The summed E-state index contributed by atoms with van der Waals surface area (Å²) in [4.78, 5) is 58.8. The predicted molar refractivity (Wildman–Crippen MR) is 133 cm³/mol. The number of fused-ring (bicyclic) bond motifs is 1. The first-order chi connectivity index (χ1) is 16.4. The maximum atomic E-state index is 13.1. The van der Waals surface area contributed by atoms with Crippen molar-refractivity contribution >= 4 is 71.3 Å². The number of carbonyl (C=O) groups is 4. The summed E-state index contributed by atoms with van der Waals surface area (Å²) in [7, 11) is 0. The minimum Gasteiger partial charge on any atom is -0.477 e. The highest BCUT2D eigenvalue weighted by Crippen LogP contribution is 2.43. The molecule has 13 nitrogen and oxygen atoms in total. The normalized spacial score (nSPS) is 26.0. The van der Waals surface area contributed by atoms with Gasteiger partial charge in [-0.25, -0.2) is 14.6 Å². The third kappa shape index (κ3) is 6.05. The predicted octanol–water partition coefficient (Wildman–Crippen LogP) is 0.0421. The number of nitrogens with zero attached hydrogens (tertiary/aromatic N) is 3. The quantitative estimate of drug-likeness (QED) is 0.100. The minimum absolute atomic E-state index is 0.0684. The molecule has 1 fully saturated rings. The maximum Gasteiger partial charge on any atom is 0.353 e. The van der Waals surface area contributed by atoms with Gasteiger partial charge in [-0.2, -0.15) is 0 Å². The van der Waals surface area contributed by atoms with Gasteiger partial charge in [0.25, 0.3) is 11.8 Å². The summed E-state index contributed by atoms with van der Waals surface area (Å²) >= 11 is 3.57. The topological polar surface area (TPSA) is 185 Å². The van der Waals surface area contributed by atoms with E-state index in [9.17, 15) is 24.3 Å². The number of hydrogen-bond donors (Lipinski definition) is 4. The van der Waals surface area contributed by atoms with Crippen LogP contribution in [0.5, 0.6) is 0 Å². The molecule has 0 aromatic carbocycles. The van der Waals surface area contributed by atoms with Crippen LogP contribution in [0.15, 0.2) is 20.8 Å². The van der Waals surface area contributed by atoms with Crippen molar-refractivity contribution in [3.05, 3.63) is 10.6 Å². The summed E-state index contributed by atoms with van der Waals surface area (Å²) in [6.07, 6.45) is 1.27. The molecule has 2 amide bonds. The van der Waals surface area contributed by atoms with Gasteiger partial charge < -0.3 is 24.7 Å². The van der Waals surface area contributed by atoms with Crippen LogP contribution in [0.25, 0.3) is 0 Å². The summed E-state index contributed by atoms with van der Waals surface area (Å²) in [5, 5.41) is 15.3. The molecule has 0 aromatic heterocycles. The number of β-lactam (4-membered cyclic amide) rings is 1. The fourth-order valence-electron chi connectivity index (χ4n) is 3.25. The zero-order valence-electron chi connectivity index (χ0n) is 19.4. The van der Waals surface area contributed by atoms with Gasteiger partial charge in [0.05, 0.1) is 6.34 Å². The lowest BCUT2D eigenvalue weighted by Crippen LogP contribution is -2.71. The molecule has 0 bridgehead atoms. The van der Waals surface area contributed by atoms with Crippen LogP contribution in [0.1, 0.15) is 27.7 Å². The second-order valence-electron chi connectivity index (χ2n) is 8.35. The van der Waals surface area contributed by atoms with Gasteiger partial charge in [-0.15, -0.1) is 23.5 Å². The summed E-state index contributed by atoms with van der Waals surface area (Å²) in [5.74, 6) is -2.27. The van der Waals surface area contributed by atoms with Crippen molar-refractivity contribution in [3.8, 4) is 0 Å². The molecule has 3 heterocycles. The Morgan fingerprint density at radius 1 is 1.46 bits per heavy atom. The lowest BCUT2D eigenvalue weighted by Gasteiger charge is -2.49. The number of carbonyl (C=O) groups excluding carboxylic acids is 3. The van der Waals surface area contributed by atoms with E-state index in [0.717, 1.165) is 11.9 Å². The molecule has 2 unspecified atom stereocenters. The highest BCUT2D eigenvalue weighted by molar-refractivity contribution is 8.06. The van der Waals surface area contributed by atoms with Crippen LogP contribution >= 0.6 is 35.5 Å². The van der Waals surface area contributed by atoms with Crippen molar-refractivity contribution in [2.75, 3.05) is 18.1 Å². The van der Waals surface area contributed by atoms with E-state index in [1.54, 1.807) is 20.8 Å². The van der Waals surface area contributed by atoms with Crippen molar-refractivity contribution in [1.29, 1.82) is 0 Å². The van der Waals surface area contributed by atoms with E-state index in [1.165, 1.54) is 34.8 Å². The van der Waals surface area contributed by atoms with Crippen LogP contribution in [0, 0.1) is 0 Å². The standard InChI is InChI=1S/C19H26N6O7S3/c1-5-33-9-7-34-16-11(15(28)25(16)12(9)17(29)30)23-14(27)13(19(20)21-8-22-35-19)24-31-6-10(26)32-18(2,3)4/h8,11,16H,5-7,20H2,1-4H3,(H,21,22)(H,23,27)(H,29,30)/b24-13-/t11?,16-,19?/m1/s1. The molecular weight excluding hydrogens is 520 g/mol. The number of esters is 1. The molecule has 0 saturated carbocycles. The molecule has 16 heteroatoms. The SMILES string of the molecule is CCSC1=C(C(=O)O)N2C(=O)C(NC(=O)/C(=N/OCC(=O)OC(C)(C)C)C3(N)N=CNS3)[C@H]2SC1. The Labute approximate surface area is 214 Å². The Hall–Kier alpha value is -2.43. The van der Waals surface area contributed by atoms with Gasteiger partial charge in [-0.1, -0.05) is 12.1 Å². The largest absolute Gasteiger partial charge is 0.477 e. The van der Waals surface area contributed by atoms with Gasteiger partial charge in [0.15, 0.2) is 5.71 Å². The van der Waals surface area contributed by atoms with Gasteiger partial charge >= 0.3 is 11.9 Å². The second-order valence-corrected chi connectivity index (χ2v) is 11.9. The first kappa shape index (κ1) is 27.2. The van der Waals surface area contributed by atoms with E-state index in [2.05, 4.69) is 20.2 Å². The van der Waals surface area contributed by atoms with Crippen molar-refractivity contribution in [2.24, 2.45) is 15.9 Å². The van der Waals surface area contributed by atoms with Crippen LogP contribution in [0.2, 0.25) is 0 Å². The number of amides is 2. The summed E-state index contributed by atoms with van der Waals surface area (Å²) in [6.45, 7) is 6.38. The molecule has 192 valence electrons. The number of rotatable bonds is 9. The third-order valence-corrected chi connectivity index (χ3v) is 7.85.